The minimum atomic E-state index is 0.567. The van der Waals surface area contributed by atoms with Gasteiger partial charge in [-0.05, 0) is 66.1 Å². The van der Waals surface area contributed by atoms with E-state index in [4.69, 9.17) is 0 Å². The molecule has 0 heteroatoms. The summed E-state index contributed by atoms with van der Waals surface area (Å²) in [6.45, 7) is 8.03. The van der Waals surface area contributed by atoms with Crippen LogP contribution in [0, 0.1) is 40.4 Å². The first-order valence-corrected chi connectivity index (χ1v) is 10.5. The molecule has 5 unspecified atom stereocenters. The highest BCUT2D eigenvalue weighted by Gasteiger charge is 2.57. The second-order valence-electron chi connectivity index (χ2n) is 10.3. The molecule has 4 rings (SSSR count). The van der Waals surface area contributed by atoms with Crippen molar-refractivity contribution in [1.82, 2.24) is 0 Å². The quantitative estimate of drug-likeness (QED) is 0.524. The Morgan fingerprint density at radius 3 is 2.14 bits per heavy atom. The maximum Gasteiger partial charge on any atom is -0.0269 e. The number of rotatable bonds is 2. The zero-order valence-corrected chi connectivity index (χ0v) is 15.4. The first kappa shape index (κ1) is 15.5. The van der Waals surface area contributed by atoms with Crippen LogP contribution in [-0.4, -0.2) is 0 Å². The summed E-state index contributed by atoms with van der Waals surface area (Å²) in [7, 11) is 0. The highest BCUT2D eigenvalue weighted by molar-refractivity contribution is 5.06. The van der Waals surface area contributed by atoms with E-state index in [1.165, 1.54) is 32.1 Å². The van der Waals surface area contributed by atoms with E-state index in [-0.39, 0.29) is 0 Å². The molecular formula is C22H38. The molecule has 0 saturated heterocycles. The van der Waals surface area contributed by atoms with E-state index in [1.807, 2.05) is 0 Å². The minimum absolute atomic E-state index is 0.567. The van der Waals surface area contributed by atoms with E-state index in [1.54, 1.807) is 44.9 Å². The van der Waals surface area contributed by atoms with Gasteiger partial charge in [-0.3, -0.25) is 0 Å². The summed E-state index contributed by atoms with van der Waals surface area (Å²) >= 11 is 0. The fourth-order valence-electron chi connectivity index (χ4n) is 7.76. The lowest BCUT2D eigenvalue weighted by Gasteiger charge is -2.53. The molecule has 5 atom stereocenters. The van der Waals surface area contributed by atoms with Gasteiger partial charge in [0.1, 0.15) is 0 Å². The zero-order valence-electron chi connectivity index (χ0n) is 15.4. The molecule has 0 nitrogen and oxygen atoms in total. The standard InChI is InChI=1S/C22H38/c1-21(2,22(3)13-5-4-6-14-22)19-15-17-11-7-9-16-10-8-12-18(19)20(16)17/h16-20H,4-15H2,1-3H3. The normalized spacial score (nSPS) is 44.6. The van der Waals surface area contributed by atoms with Crippen LogP contribution >= 0.6 is 0 Å². The van der Waals surface area contributed by atoms with Gasteiger partial charge in [0.25, 0.3) is 0 Å². The summed E-state index contributed by atoms with van der Waals surface area (Å²) in [5, 5.41) is 0. The minimum Gasteiger partial charge on any atom is -0.0591 e. The molecule has 22 heavy (non-hydrogen) atoms. The van der Waals surface area contributed by atoms with Gasteiger partial charge in [-0.1, -0.05) is 72.1 Å². The van der Waals surface area contributed by atoms with Gasteiger partial charge < -0.3 is 0 Å². The van der Waals surface area contributed by atoms with Crippen LogP contribution in [0.5, 0.6) is 0 Å². The van der Waals surface area contributed by atoms with Crippen molar-refractivity contribution in [2.75, 3.05) is 0 Å². The molecular weight excluding hydrogens is 264 g/mol. The SMILES string of the molecule is CC1(C(C)(C)C2CC3CCCC4CCCC2C43)CCCCC1. The fourth-order valence-corrected chi connectivity index (χ4v) is 7.76. The first-order chi connectivity index (χ1) is 10.5. The van der Waals surface area contributed by atoms with Crippen LogP contribution in [0.25, 0.3) is 0 Å². The lowest BCUT2D eigenvalue weighted by atomic mass is 9.52. The average Bonchev–Trinajstić information content (AvgIpc) is 2.90. The van der Waals surface area contributed by atoms with Crippen LogP contribution in [0.1, 0.15) is 97.8 Å². The van der Waals surface area contributed by atoms with E-state index in [0.29, 0.717) is 10.8 Å². The molecule has 0 aliphatic heterocycles. The Balaban J connectivity index is 1.61. The molecule has 0 aromatic heterocycles. The Morgan fingerprint density at radius 1 is 0.773 bits per heavy atom. The molecule has 4 aliphatic rings. The van der Waals surface area contributed by atoms with Crippen LogP contribution in [0.4, 0.5) is 0 Å². The maximum absolute atomic E-state index is 2.68. The van der Waals surface area contributed by atoms with E-state index in [2.05, 4.69) is 20.8 Å². The third kappa shape index (κ3) is 2.22. The van der Waals surface area contributed by atoms with Crippen LogP contribution in [0.3, 0.4) is 0 Å². The van der Waals surface area contributed by atoms with Gasteiger partial charge in [0, 0.05) is 0 Å². The molecule has 4 fully saturated rings. The number of hydrogen-bond acceptors (Lipinski definition) is 0. The lowest BCUT2D eigenvalue weighted by molar-refractivity contribution is -0.0375. The highest BCUT2D eigenvalue weighted by Crippen LogP contribution is 2.65. The van der Waals surface area contributed by atoms with Gasteiger partial charge in [-0.2, -0.15) is 0 Å². The molecule has 126 valence electrons. The molecule has 0 N–H and O–H groups in total. The summed E-state index contributed by atoms with van der Waals surface area (Å²) in [5.41, 5.74) is 1.19. The van der Waals surface area contributed by atoms with E-state index in [0.717, 1.165) is 29.6 Å². The van der Waals surface area contributed by atoms with Gasteiger partial charge in [0.2, 0.25) is 0 Å². The highest BCUT2D eigenvalue weighted by atomic mass is 14.6. The summed E-state index contributed by atoms with van der Waals surface area (Å²) in [5.74, 6) is 5.50. The molecule has 0 bridgehead atoms. The summed E-state index contributed by atoms with van der Waals surface area (Å²) in [6.07, 6.45) is 18.4. The zero-order chi connectivity index (χ0) is 15.4. The molecule has 0 aromatic rings. The lowest BCUT2D eigenvalue weighted by Crippen LogP contribution is -2.45. The van der Waals surface area contributed by atoms with Crippen LogP contribution in [0.15, 0.2) is 0 Å². The fraction of sp³-hybridized carbons (Fsp3) is 1.00. The van der Waals surface area contributed by atoms with Gasteiger partial charge >= 0.3 is 0 Å². The predicted octanol–water partition coefficient (Wildman–Crippen LogP) is 6.84. The van der Waals surface area contributed by atoms with Crippen LogP contribution in [0.2, 0.25) is 0 Å². The first-order valence-electron chi connectivity index (χ1n) is 10.5. The second kappa shape index (κ2) is 5.52. The molecule has 4 aliphatic carbocycles. The van der Waals surface area contributed by atoms with Crippen molar-refractivity contribution in [1.29, 1.82) is 0 Å². The van der Waals surface area contributed by atoms with Crippen LogP contribution in [-0.2, 0) is 0 Å². The third-order valence-electron chi connectivity index (χ3n) is 9.36. The average molecular weight is 303 g/mol. The smallest absolute Gasteiger partial charge is 0.0269 e. The number of hydrogen-bond donors (Lipinski definition) is 0. The van der Waals surface area contributed by atoms with Crippen molar-refractivity contribution in [3.8, 4) is 0 Å². The predicted molar refractivity (Wildman–Crippen MR) is 94.7 cm³/mol. The summed E-state index contributed by atoms with van der Waals surface area (Å²) in [6, 6.07) is 0. The van der Waals surface area contributed by atoms with Crippen molar-refractivity contribution in [2.45, 2.75) is 97.8 Å². The van der Waals surface area contributed by atoms with E-state index < -0.39 is 0 Å². The van der Waals surface area contributed by atoms with Crippen molar-refractivity contribution in [3.63, 3.8) is 0 Å². The van der Waals surface area contributed by atoms with Crippen molar-refractivity contribution in [2.24, 2.45) is 40.4 Å². The van der Waals surface area contributed by atoms with Crippen molar-refractivity contribution >= 4 is 0 Å². The Bertz CT molecular complexity index is 398. The van der Waals surface area contributed by atoms with Gasteiger partial charge in [-0.25, -0.2) is 0 Å². The van der Waals surface area contributed by atoms with Gasteiger partial charge in [0.15, 0.2) is 0 Å². The van der Waals surface area contributed by atoms with E-state index >= 15 is 0 Å². The van der Waals surface area contributed by atoms with E-state index in [9.17, 15) is 0 Å². The maximum atomic E-state index is 2.68. The molecule has 0 aromatic carbocycles. The largest absolute Gasteiger partial charge is 0.0591 e. The monoisotopic (exact) mass is 302 g/mol. The molecule has 4 saturated carbocycles. The summed E-state index contributed by atoms with van der Waals surface area (Å²) in [4.78, 5) is 0. The van der Waals surface area contributed by atoms with Crippen LogP contribution < -0.4 is 0 Å². The molecule has 0 heterocycles. The Hall–Kier alpha value is 0. The Kier molecular flexibility index (Phi) is 3.90. The summed E-state index contributed by atoms with van der Waals surface area (Å²) < 4.78 is 0. The Labute approximate surface area is 138 Å². The van der Waals surface area contributed by atoms with Gasteiger partial charge in [0.05, 0.1) is 0 Å². The van der Waals surface area contributed by atoms with Gasteiger partial charge in [-0.15, -0.1) is 0 Å². The van der Waals surface area contributed by atoms with Crippen molar-refractivity contribution in [3.05, 3.63) is 0 Å². The topological polar surface area (TPSA) is 0 Å². The molecule has 0 spiro atoms. The third-order valence-corrected chi connectivity index (χ3v) is 9.36. The molecule has 0 amide bonds. The Morgan fingerprint density at radius 2 is 1.41 bits per heavy atom. The molecule has 0 radical (unpaired) electrons. The van der Waals surface area contributed by atoms with Crippen molar-refractivity contribution < 1.29 is 0 Å². The second-order valence-corrected chi connectivity index (χ2v) is 10.3.